The first kappa shape index (κ1) is 18.3. The summed E-state index contributed by atoms with van der Waals surface area (Å²) < 4.78 is 5.13. The van der Waals surface area contributed by atoms with Crippen molar-refractivity contribution in [3.8, 4) is 5.75 Å². The number of nitrogens with zero attached hydrogens (tertiary/aromatic N) is 1. The number of primary amides is 1. The van der Waals surface area contributed by atoms with Crippen LogP contribution in [-0.4, -0.2) is 49.5 Å². The first-order valence-electron chi connectivity index (χ1n) is 8.45. The van der Waals surface area contributed by atoms with Gasteiger partial charge in [-0.05, 0) is 57.0 Å². The van der Waals surface area contributed by atoms with E-state index in [4.69, 9.17) is 10.5 Å². The van der Waals surface area contributed by atoms with Crippen LogP contribution in [-0.2, 0) is 16.0 Å². The van der Waals surface area contributed by atoms with Crippen molar-refractivity contribution in [2.75, 3.05) is 26.7 Å². The van der Waals surface area contributed by atoms with E-state index < -0.39 is 0 Å². The molecule has 1 aromatic carbocycles. The van der Waals surface area contributed by atoms with Crippen LogP contribution in [0.2, 0.25) is 0 Å². The number of likely N-dealkylation sites (tertiary alicyclic amines) is 1. The minimum Gasteiger partial charge on any atom is -0.497 e. The number of hydrogen-bond donors (Lipinski definition) is 2. The zero-order chi connectivity index (χ0) is 17.5. The Labute approximate surface area is 143 Å². The van der Waals surface area contributed by atoms with Crippen molar-refractivity contribution in [1.29, 1.82) is 0 Å². The van der Waals surface area contributed by atoms with Gasteiger partial charge in [0.05, 0.1) is 13.2 Å². The molecule has 6 nitrogen and oxygen atoms in total. The van der Waals surface area contributed by atoms with E-state index in [2.05, 4.69) is 10.2 Å². The fourth-order valence-electron chi connectivity index (χ4n) is 3.01. The van der Waals surface area contributed by atoms with Gasteiger partial charge < -0.3 is 15.8 Å². The molecule has 132 valence electrons. The number of rotatable bonds is 7. The number of piperidine rings is 1. The van der Waals surface area contributed by atoms with Crippen LogP contribution in [0.15, 0.2) is 24.3 Å². The van der Waals surface area contributed by atoms with Gasteiger partial charge in [0, 0.05) is 12.5 Å². The molecule has 1 atom stereocenters. The fourth-order valence-corrected chi connectivity index (χ4v) is 3.01. The van der Waals surface area contributed by atoms with Crippen LogP contribution >= 0.6 is 0 Å². The molecule has 1 saturated heterocycles. The van der Waals surface area contributed by atoms with E-state index in [-0.39, 0.29) is 23.8 Å². The minimum absolute atomic E-state index is 0.0287. The standard InChI is InChI=1S/C18H27N3O3/c1-13(21-11-8-15(9-12-21)17(19)22)18(23)20-10-7-14-3-5-16(24-2)6-4-14/h3-6,13,15H,7-12H2,1-2H3,(H2,19,22)(H,20,23)/t13-/m1/s1. The van der Waals surface area contributed by atoms with Crippen LogP contribution in [0.5, 0.6) is 5.75 Å². The zero-order valence-electron chi connectivity index (χ0n) is 14.5. The summed E-state index contributed by atoms with van der Waals surface area (Å²) in [5.74, 6) is 0.578. The number of nitrogens with two attached hydrogens (primary N) is 1. The summed E-state index contributed by atoms with van der Waals surface area (Å²) >= 11 is 0. The summed E-state index contributed by atoms with van der Waals surface area (Å²) in [5, 5.41) is 2.99. The Morgan fingerprint density at radius 1 is 1.29 bits per heavy atom. The summed E-state index contributed by atoms with van der Waals surface area (Å²) in [7, 11) is 1.64. The predicted molar refractivity (Wildman–Crippen MR) is 92.7 cm³/mol. The Kier molecular flexibility index (Phi) is 6.61. The second-order valence-corrected chi connectivity index (χ2v) is 6.28. The summed E-state index contributed by atoms with van der Waals surface area (Å²) in [6, 6.07) is 7.66. The molecule has 1 aliphatic rings. The van der Waals surface area contributed by atoms with Gasteiger partial charge in [-0.1, -0.05) is 12.1 Å². The number of amides is 2. The third-order valence-electron chi connectivity index (χ3n) is 4.73. The molecule has 1 aromatic rings. The maximum Gasteiger partial charge on any atom is 0.237 e. The largest absolute Gasteiger partial charge is 0.497 e. The Morgan fingerprint density at radius 2 is 1.92 bits per heavy atom. The molecule has 0 bridgehead atoms. The summed E-state index contributed by atoms with van der Waals surface area (Å²) in [6.45, 7) is 3.99. The van der Waals surface area contributed by atoms with Gasteiger partial charge in [-0.2, -0.15) is 0 Å². The van der Waals surface area contributed by atoms with Gasteiger partial charge >= 0.3 is 0 Å². The average molecular weight is 333 g/mol. The lowest BCUT2D eigenvalue weighted by atomic mass is 9.95. The second kappa shape index (κ2) is 8.68. The first-order valence-corrected chi connectivity index (χ1v) is 8.45. The van der Waals surface area contributed by atoms with Gasteiger partial charge in [0.25, 0.3) is 0 Å². The van der Waals surface area contributed by atoms with Crippen molar-refractivity contribution in [3.63, 3.8) is 0 Å². The van der Waals surface area contributed by atoms with Gasteiger partial charge in [0.2, 0.25) is 11.8 Å². The highest BCUT2D eigenvalue weighted by Crippen LogP contribution is 2.18. The number of nitrogens with one attached hydrogen (secondary N) is 1. The molecule has 1 fully saturated rings. The molecular weight excluding hydrogens is 306 g/mol. The Bertz CT molecular complexity index is 551. The molecular formula is C18H27N3O3. The van der Waals surface area contributed by atoms with Crippen LogP contribution in [0.3, 0.4) is 0 Å². The maximum absolute atomic E-state index is 12.3. The Hall–Kier alpha value is -2.08. The normalized spacial score (nSPS) is 17.2. The average Bonchev–Trinajstić information content (AvgIpc) is 2.61. The van der Waals surface area contributed by atoms with E-state index in [9.17, 15) is 9.59 Å². The number of ether oxygens (including phenoxy) is 1. The third kappa shape index (κ3) is 4.96. The van der Waals surface area contributed by atoms with Gasteiger partial charge in [-0.15, -0.1) is 0 Å². The fraction of sp³-hybridized carbons (Fsp3) is 0.556. The molecule has 6 heteroatoms. The van der Waals surface area contributed by atoms with E-state index in [1.807, 2.05) is 31.2 Å². The molecule has 2 rings (SSSR count). The van der Waals surface area contributed by atoms with Gasteiger partial charge in [-0.25, -0.2) is 0 Å². The molecule has 1 heterocycles. The van der Waals surface area contributed by atoms with Crippen LogP contribution in [0.4, 0.5) is 0 Å². The lowest BCUT2D eigenvalue weighted by Gasteiger charge is -2.34. The van der Waals surface area contributed by atoms with Gasteiger partial charge in [-0.3, -0.25) is 14.5 Å². The van der Waals surface area contributed by atoms with Crippen LogP contribution in [0, 0.1) is 5.92 Å². The van der Waals surface area contributed by atoms with Gasteiger partial charge in [0.15, 0.2) is 0 Å². The molecule has 0 unspecified atom stereocenters. The van der Waals surface area contributed by atoms with E-state index in [1.54, 1.807) is 7.11 Å². The lowest BCUT2D eigenvalue weighted by molar-refractivity contribution is -0.127. The SMILES string of the molecule is COc1ccc(CCNC(=O)[C@@H](C)N2CCC(C(N)=O)CC2)cc1. The number of hydrogen-bond acceptors (Lipinski definition) is 4. The highest BCUT2D eigenvalue weighted by atomic mass is 16.5. The lowest BCUT2D eigenvalue weighted by Crippen LogP contribution is -2.49. The maximum atomic E-state index is 12.3. The predicted octanol–water partition coefficient (Wildman–Crippen LogP) is 0.940. The summed E-state index contributed by atoms with van der Waals surface area (Å²) in [4.78, 5) is 25.6. The molecule has 0 aliphatic carbocycles. The van der Waals surface area contributed by atoms with Crippen LogP contribution in [0.1, 0.15) is 25.3 Å². The molecule has 24 heavy (non-hydrogen) atoms. The molecule has 0 radical (unpaired) electrons. The monoisotopic (exact) mass is 333 g/mol. The van der Waals surface area contributed by atoms with Gasteiger partial charge in [0.1, 0.15) is 5.75 Å². The van der Waals surface area contributed by atoms with Crippen LogP contribution < -0.4 is 15.8 Å². The van der Waals surface area contributed by atoms with Crippen molar-refractivity contribution < 1.29 is 14.3 Å². The zero-order valence-corrected chi connectivity index (χ0v) is 14.5. The Morgan fingerprint density at radius 3 is 2.46 bits per heavy atom. The van der Waals surface area contributed by atoms with E-state index >= 15 is 0 Å². The summed E-state index contributed by atoms with van der Waals surface area (Å²) in [6.07, 6.45) is 2.25. The molecule has 0 saturated carbocycles. The molecule has 0 aromatic heterocycles. The molecule has 0 spiro atoms. The van der Waals surface area contributed by atoms with E-state index in [0.29, 0.717) is 6.54 Å². The first-order chi connectivity index (χ1) is 11.5. The molecule has 1 aliphatic heterocycles. The number of benzene rings is 1. The van der Waals surface area contributed by atoms with Crippen molar-refractivity contribution in [1.82, 2.24) is 10.2 Å². The highest BCUT2D eigenvalue weighted by Gasteiger charge is 2.28. The molecule has 3 N–H and O–H groups in total. The molecule has 2 amide bonds. The third-order valence-corrected chi connectivity index (χ3v) is 4.73. The van der Waals surface area contributed by atoms with Crippen molar-refractivity contribution >= 4 is 11.8 Å². The van der Waals surface area contributed by atoms with E-state index in [1.165, 1.54) is 0 Å². The highest BCUT2D eigenvalue weighted by molar-refractivity contribution is 5.81. The second-order valence-electron chi connectivity index (χ2n) is 6.28. The quantitative estimate of drug-likeness (QED) is 0.778. The van der Waals surface area contributed by atoms with Crippen molar-refractivity contribution in [2.24, 2.45) is 11.7 Å². The number of carbonyl (C=O) groups excluding carboxylic acids is 2. The van der Waals surface area contributed by atoms with Crippen molar-refractivity contribution in [2.45, 2.75) is 32.2 Å². The van der Waals surface area contributed by atoms with Crippen molar-refractivity contribution in [3.05, 3.63) is 29.8 Å². The topological polar surface area (TPSA) is 84.7 Å². The number of methoxy groups -OCH3 is 1. The number of carbonyl (C=O) groups is 2. The Balaban J connectivity index is 1.72. The minimum atomic E-state index is -0.230. The van der Waals surface area contributed by atoms with E-state index in [0.717, 1.165) is 43.7 Å². The van der Waals surface area contributed by atoms with Crippen LogP contribution in [0.25, 0.3) is 0 Å². The smallest absolute Gasteiger partial charge is 0.237 e. The summed E-state index contributed by atoms with van der Waals surface area (Å²) in [5.41, 5.74) is 6.50.